The van der Waals surface area contributed by atoms with E-state index in [1.807, 2.05) is 6.92 Å². The van der Waals surface area contributed by atoms with Crippen LogP contribution in [-0.4, -0.2) is 38.4 Å². The number of carbonyl (C=O) groups excluding carboxylic acids is 1. The van der Waals surface area contributed by atoms with Crippen molar-refractivity contribution >= 4 is 21.6 Å². The molecule has 1 heterocycles. The van der Waals surface area contributed by atoms with Crippen molar-refractivity contribution < 1.29 is 13.2 Å². The fraction of sp³-hybridized carbons (Fsp3) is 0.533. The molecule has 0 spiro atoms. The zero-order valence-electron chi connectivity index (χ0n) is 12.8. The molecule has 6 nitrogen and oxygen atoms in total. The van der Waals surface area contributed by atoms with Gasteiger partial charge in [0.05, 0.1) is 10.9 Å². The molecule has 0 radical (unpaired) electrons. The molecule has 0 saturated carbocycles. The van der Waals surface area contributed by atoms with Crippen LogP contribution >= 0.6 is 0 Å². The Balaban J connectivity index is 2.05. The first-order valence-corrected chi connectivity index (χ1v) is 9.10. The lowest BCUT2D eigenvalue weighted by molar-refractivity contribution is -0.120. The Morgan fingerprint density at radius 3 is 2.45 bits per heavy atom. The van der Waals surface area contributed by atoms with Crippen molar-refractivity contribution in [2.24, 2.45) is 5.14 Å². The molecule has 1 fully saturated rings. The van der Waals surface area contributed by atoms with E-state index in [1.165, 1.54) is 25.0 Å². The lowest BCUT2D eigenvalue weighted by atomic mass is 10.2. The summed E-state index contributed by atoms with van der Waals surface area (Å²) >= 11 is 0. The summed E-state index contributed by atoms with van der Waals surface area (Å²) in [5.74, 6) is -0.131. The summed E-state index contributed by atoms with van der Waals surface area (Å²) < 4.78 is 22.7. The number of sulfonamides is 1. The van der Waals surface area contributed by atoms with Crippen LogP contribution in [0, 0.1) is 0 Å². The van der Waals surface area contributed by atoms with Gasteiger partial charge in [-0.1, -0.05) is 18.9 Å². The number of benzene rings is 1. The van der Waals surface area contributed by atoms with Gasteiger partial charge in [0.2, 0.25) is 15.9 Å². The molecule has 1 amide bonds. The van der Waals surface area contributed by atoms with E-state index < -0.39 is 10.0 Å². The highest BCUT2D eigenvalue weighted by Gasteiger charge is 2.22. The Morgan fingerprint density at radius 1 is 1.23 bits per heavy atom. The van der Waals surface area contributed by atoms with Crippen LogP contribution in [0.3, 0.4) is 0 Å². The lowest BCUT2D eigenvalue weighted by Crippen LogP contribution is -2.42. The predicted molar refractivity (Wildman–Crippen MR) is 85.9 cm³/mol. The van der Waals surface area contributed by atoms with E-state index in [9.17, 15) is 13.2 Å². The number of hydrogen-bond acceptors (Lipinski definition) is 4. The van der Waals surface area contributed by atoms with Gasteiger partial charge < -0.3 is 5.32 Å². The zero-order chi connectivity index (χ0) is 16.2. The SMILES string of the molecule is CC(C(=O)Nc1cccc(S(N)(=O)=O)c1)N1CCCCCC1. The number of anilines is 1. The molecule has 7 heteroatoms. The van der Waals surface area contributed by atoms with Crippen LogP contribution in [0.4, 0.5) is 5.69 Å². The first kappa shape index (κ1) is 16.9. The number of primary sulfonamides is 1. The molecular formula is C15H23N3O3S. The van der Waals surface area contributed by atoms with Crippen molar-refractivity contribution in [2.75, 3.05) is 18.4 Å². The lowest BCUT2D eigenvalue weighted by Gasteiger charge is -2.26. The van der Waals surface area contributed by atoms with Gasteiger partial charge in [-0.3, -0.25) is 9.69 Å². The van der Waals surface area contributed by atoms with Gasteiger partial charge >= 0.3 is 0 Å². The zero-order valence-corrected chi connectivity index (χ0v) is 13.6. The van der Waals surface area contributed by atoms with Crippen molar-refractivity contribution in [3.05, 3.63) is 24.3 Å². The van der Waals surface area contributed by atoms with Crippen LogP contribution < -0.4 is 10.5 Å². The first-order chi connectivity index (χ1) is 10.4. The monoisotopic (exact) mass is 325 g/mol. The summed E-state index contributed by atoms with van der Waals surface area (Å²) in [7, 11) is -3.77. The first-order valence-electron chi connectivity index (χ1n) is 7.56. The minimum Gasteiger partial charge on any atom is -0.325 e. The van der Waals surface area contributed by atoms with Crippen molar-refractivity contribution in [2.45, 2.75) is 43.5 Å². The highest BCUT2D eigenvalue weighted by atomic mass is 32.2. The predicted octanol–water partition coefficient (Wildman–Crippen LogP) is 1.54. The van der Waals surface area contributed by atoms with Gasteiger partial charge in [-0.25, -0.2) is 13.6 Å². The number of carbonyl (C=O) groups is 1. The van der Waals surface area contributed by atoms with Gasteiger partial charge in [0, 0.05) is 5.69 Å². The van der Waals surface area contributed by atoms with Gasteiger partial charge in [-0.2, -0.15) is 0 Å². The maximum atomic E-state index is 12.4. The van der Waals surface area contributed by atoms with Crippen molar-refractivity contribution in [3.63, 3.8) is 0 Å². The number of nitrogens with two attached hydrogens (primary N) is 1. The molecule has 1 aromatic carbocycles. The Labute approximate surface area is 131 Å². The second kappa shape index (κ2) is 7.21. The summed E-state index contributed by atoms with van der Waals surface area (Å²) in [4.78, 5) is 14.5. The number of rotatable bonds is 4. The smallest absolute Gasteiger partial charge is 0.241 e. The third-order valence-corrected chi connectivity index (χ3v) is 4.91. The Hall–Kier alpha value is -1.44. The third kappa shape index (κ3) is 4.53. The van der Waals surface area contributed by atoms with E-state index in [1.54, 1.807) is 12.1 Å². The number of nitrogens with one attached hydrogen (secondary N) is 1. The highest BCUT2D eigenvalue weighted by Crippen LogP contribution is 2.16. The highest BCUT2D eigenvalue weighted by molar-refractivity contribution is 7.89. The standard InChI is InChI=1S/C15H23N3O3S/c1-12(18-9-4-2-3-5-10-18)15(19)17-13-7-6-8-14(11-13)22(16,20)21/h6-8,11-12H,2-5,9-10H2,1H3,(H,17,19)(H2,16,20,21). The van der Waals surface area contributed by atoms with Crippen LogP contribution in [0.25, 0.3) is 0 Å². The summed E-state index contributed by atoms with van der Waals surface area (Å²) in [6.45, 7) is 3.72. The van der Waals surface area contributed by atoms with E-state index in [0.29, 0.717) is 5.69 Å². The average molecular weight is 325 g/mol. The molecule has 1 aromatic rings. The molecule has 1 aliphatic heterocycles. The van der Waals surface area contributed by atoms with Crippen LogP contribution in [0.2, 0.25) is 0 Å². The maximum absolute atomic E-state index is 12.4. The molecule has 1 unspecified atom stereocenters. The second-order valence-electron chi connectivity index (χ2n) is 5.69. The largest absolute Gasteiger partial charge is 0.325 e. The van der Waals surface area contributed by atoms with Crippen LogP contribution in [0.5, 0.6) is 0 Å². The van der Waals surface area contributed by atoms with Crippen molar-refractivity contribution in [1.82, 2.24) is 4.90 Å². The minimum atomic E-state index is -3.77. The van der Waals surface area contributed by atoms with Gasteiger partial charge in [0.1, 0.15) is 0 Å². The Kier molecular flexibility index (Phi) is 5.55. The summed E-state index contributed by atoms with van der Waals surface area (Å²) in [6, 6.07) is 5.76. The minimum absolute atomic E-state index is 0.00674. The third-order valence-electron chi connectivity index (χ3n) is 4.00. The van der Waals surface area contributed by atoms with E-state index in [2.05, 4.69) is 10.2 Å². The van der Waals surface area contributed by atoms with Gasteiger partial charge in [-0.05, 0) is 51.1 Å². The summed E-state index contributed by atoms with van der Waals surface area (Å²) in [6.07, 6.45) is 4.64. The fourth-order valence-corrected chi connectivity index (χ4v) is 3.21. The van der Waals surface area contributed by atoms with Crippen molar-refractivity contribution in [1.29, 1.82) is 0 Å². The van der Waals surface area contributed by atoms with Gasteiger partial charge in [0.15, 0.2) is 0 Å². The molecule has 1 aliphatic rings. The Morgan fingerprint density at radius 2 is 1.86 bits per heavy atom. The maximum Gasteiger partial charge on any atom is 0.241 e. The molecule has 0 aromatic heterocycles. The molecule has 1 saturated heterocycles. The number of amides is 1. The molecule has 0 bridgehead atoms. The van der Waals surface area contributed by atoms with Crippen LogP contribution in [-0.2, 0) is 14.8 Å². The second-order valence-corrected chi connectivity index (χ2v) is 7.25. The number of likely N-dealkylation sites (tertiary alicyclic amines) is 1. The van der Waals surface area contributed by atoms with E-state index in [4.69, 9.17) is 5.14 Å². The van der Waals surface area contributed by atoms with Gasteiger partial charge in [-0.15, -0.1) is 0 Å². The van der Waals surface area contributed by atoms with E-state index in [-0.39, 0.29) is 16.8 Å². The van der Waals surface area contributed by atoms with Crippen LogP contribution in [0.15, 0.2) is 29.2 Å². The average Bonchev–Trinajstić information content (AvgIpc) is 2.75. The number of nitrogens with zero attached hydrogens (tertiary/aromatic N) is 1. The van der Waals surface area contributed by atoms with E-state index in [0.717, 1.165) is 25.9 Å². The van der Waals surface area contributed by atoms with E-state index >= 15 is 0 Å². The quantitative estimate of drug-likeness (QED) is 0.878. The number of hydrogen-bond donors (Lipinski definition) is 2. The Bertz CT molecular complexity index is 623. The van der Waals surface area contributed by atoms with Crippen molar-refractivity contribution in [3.8, 4) is 0 Å². The summed E-state index contributed by atoms with van der Waals surface area (Å²) in [5.41, 5.74) is 0.443. The molecular weight excluding hydrogens is 302 g/mol. The molecule has 122 valence electrons. The molecule has 1 atom stereocenters. The van der Waals surface area contributed by atoms with Gasteiger partial charge in [0.25, 0.3) is 0 Å². The molecule has 3 N–H and O–H groups in total. The van der Waals surface area contributed by atoms with Crippen LogP contribution in [0.1, 0.15) is 32.6 Å². The topological polar surface area (TPSA) is 92.5 Å². The summed E-state index contributed by atoms with van der Waals surface area (Å²) in [5, 5.41) is 7.87. The fourth-order valence-electron chi connectivity index (χ4n) is 2.65. The molecule has 22 heavy (non-hydrogen) atoms. The molecule has 2 rings (SSSR count). The normalized spacial score (nSPS) is 18.5. The molecule has 0 aliphatic carbocycles.